The normalized spacial score (nSPS) is 19.8. The Morgan fingerprint density at radius 1 is 1.44 bits per heavy atom. The number of piperidine rings is 1. The van der Waals surface area contributed by atoms with Gasteiger partial charge in [0.1, 0.15) is 0 Å². The van der Waals surface area contributed by atoms with E-state index in [0.29, 0.717) is 6.42 Å². The van der Waals surface area contributed by atoms with E-state index >= 15 is 0 Å². The number of rotatable bonds is 6. The molecule has 0 aromatic carbocycles. The van der Waals surface area contributed by atoms with E-state index in [1.54, 1.807) is 0 Å². The molecule has 1 rings (SSSR count). The summed E-state index contributed by atoms with van der Waals surface area (Å²) in [6.45, 7) is 5.25. The summed E-state index contributed by atoms with van der Waals surface area (Å²) in [5, 5.41) is 0. The van der Waals surface area contributed by atoms with E-state index in [0.717, 1.165) is 25.3 Å². The van der Waals surface area contributed by atoms with Crippen LogP contribution in [0.4, 0.5) is 0 Å². The predicted molar refractivity (Wildman–Crippen MR) is 75.4 cm³/mol. The fourth-order valence-electron chi connectivity index (χ4n) is 2.39. The second kappa shape index (κ2) is 7.74. The monoisotopic (exact) mass is 255 g/mol. The van der Waals surface area contributed by atoms with Crippen LogP contribution in [0.3, 0.4) is 0 Å². The van der Waals surface area contributed by atoms with Crippen LogP contribution in [-0.2, 0) is 4.79 Å². The Kier molecular flexibility index (Phi) is 6.65. The number of carbonyl (C=O) groups excluding carboxylic acids is 1. The Morgan fingerprint density at radius 3 is 2.61 bits per heavy atom. The van der Waals surface area contributed by atoms with Crippen molar-refractivity contribution in [3.63, 3.8) is 0 Å². The van der Waals surface area contributed by atoms with Gasteiger partial charge in [0, 0.05) is 26.1 Å². The maximum atomic E-state index is 11.8. The highest BCUT2D eigenvalue weighted by atomic mass is 16.2. The van der Waals surface area contributed by atoms with Crippen LogP contribution < -0.4 is 5.73 Å². The van der Waals surface area contributed by atoms with Crippen molar-refractivity contribution in [3.8, 4) is 0 Å². The lowest BCUT2D eigenvalue weighted by molar-refractivity contribution is -0.130. The molecule has 2 N–H and O–H groups in total. The van der Waals surface area contributed by atoms with Crippen molar-refractivity contribution in [2.45, 2.75) is 45.1 Å². The molecule has 0 saturated carbocycles. The second-order valence-electron chi connectivity index (χ2n) is 5.87. The van der Waals surface area contributed by atoms with E-state index in [1.807, 2.05) is 18.9 Å². The van der Waals surface area contributed by atoms with Gasteiger partial charge in [-0.1, -0.05) is 0 Å². The highest BCUT2D eigenvalue weighted by Crippen LogP contribution is 2.19. The molecule has 1 amide bonds. The Hall–Kier alpha value is -0.610. The fraction of sp³-hybridized carbons (Fsp3) is 0.929. The first-order valence-electron chi connectivity index (χ1n) is 7.17. The van der Waals surface area contributed by atoms with E-state index in [-0.39, 0.29) is 11.9 Å². The molecule has 18 heavy (non-hydrogen) atoms. The van der Waals surface area contributed by atoms with Crippen molar-refractivity contribution >= 4 is 5.91 Å². The summed E-state index contributed by atoms with van der Waals surface area (Å²) in [5.74, 6) is 1.03. The molecule has 1 aliphatic rings. The van der Waals surface area contributed by atoms with E-state index in [9.17, 15) is 4.79 Å². The quantitative estimate of drug-likeness (QED) is 0.778. The highest BCUT2D eigenvalue weighted by molar-refractivity contribution is 5.75. The average molecular weight is 255 g/mol. The first-order chi connectivity index (χ1) is 8.49. The molecule has 0 bridgehead atoms. The first kappa shape index (κ1) is 15.4. The summed E-state index contributed by atoms with van der Waals surface area (Å²) >= 11 is 0. The molecule has 0 aromatic heterocycles. The third-order valence-corrected chi connectivity index (χ3v) is 3.95. The average Bonchev–Trinajstić information content (AvgIpc) is 2.34. The number of likely N-dealkylation sites (tertiary alicyclic amines) is 1. The lowest BCUT2D eigenvalue weighted by atomic mass is 9.93. The van der Waals surface area contributed by atoms with Crippen LogP contribution in [0.1, 0.15) is 39.0 Å². The fourth-order valence-corrected chi connectivity index (χ4v) is 2.39. The molecule has 0 aromatic rings. The number of hydrogen-bond donors (Lipinski definition) is 1. The van der Waals surface area contributed by atoms with Crippen LogP contribution in [0.2, 0.25) is 0 Å². The van der Waals surface area contributed by atoms with Crippen molar-refractivity contribution in [3.05, 3.63) is 0 Å². The molecule has 106 valence electrons. The first-order valence-corrected chi connectivity index (χ1v) is 7.17. The molecule has 1 unspecified atom stereocenters. The van der Waals surface area contributed by atoms with Crippen LogP contribution in [0.5, 0.6) is 0 Å². The molecular weight excluding hydrogens is 226 g/mol. The molecule has 1 heterocycles. The van der Waals surface area contributed by atoms with Gasteiger partial charge in [0.2, 0.25) is 5.91 Å². The van der Waals surface area contributed by atoms with Crippen molar-refractivity contribution in [1.29, 1.82) is 0 Å². The Labute approximate surface area is 111 Å². The zero-order valence-electron chi connectivity index (χ0n) is 12.2. The van der Waals surface area contributed by atoms with Crippen LogP contribution in [0.25, 0.3) is 0 Å². The van der Waals surface area contributed by atoms with Crippen LogP contribution in [-0.4, -0.2) is 55.5 Å². The Balaban J connectivity index is 2.15. The summed E-state index contributed by atoms with van der Waals surface area (Å²) in [7, 11) is 4.10. The predicted octanol–water partition coefficient (Wildman–Crippen LogP) is 1.30. The molecule has 4 heteroatoms. The van der Waals surface area contributed by atoms with Gasteiger partial charge in [-0.05, 0) is 58.7 Å². The minimum Gasteiger partial charge on any atom is -0.346 e. The lowest BCUT2D eigenvalue weighted by Crippen LogP contribution is -2.34. The summed E-state index contributed by atoms with van der Waals surface area (Å²) in [6.07, 6.45) is 5.07. The van der Waals surface area contributed by atoms with Crippen molar-refractivity contribution in [1.82, 2.24) is 9.80 Å². The second-order valence-corrected chi connectivity index (χ2v) is 5.87. The number of hydrogen-bond acceptors (Lipinski definition) is 3. The zero-order valence-corrected chi connectivity index (χ0v) is 12.2. The molecule has 4 nitrogen and oxygen atoms in total. The number of amides is 1. The van der Waals surface area contributed by atoms with Crippen molar-refractivity contribution < 1.29 is 4.79 Å². The Bertz CT molecular complexity index is 247. The van der Waals surface area contributed by atoms with Gasteiger partial charge in [0.25, 0.3) is 0 Å². The van der Waals surface area contributed by atoms with Crippen molar-refractivity contribution in [2.24, 2.45) is 11.7 Å². The van der Waals surface area contributed by atoms with Crippen molar-refractivity contribution in [2.75, 3.05) is 33.7 Å². The summed E-state index contributed by atoms with van der Waals surface area (Å²) in [4.78, 5) is 16.1. The van der Waals surface area contributed by atoms with E-state index in [2.05, 4.69) is 11.9 Å². The largest absolute Gasteiger partial charge is 0.346 e. The van der Waals surface area contributed by atoms with Gasteiger partial charge < -0.3 is 15.5 Å². The maximum Gasteiger partial charge on any atom is 0.222 e. The molecule has 1 aliphatic heterocycles. The third-order valence-electron chi connectivity index (χ3n) is 3.95. The van der Waals surface area contributed by atoms with Gasteiger partial charge in [-0.2, -0.15) is 0 Å². The number of carbonyl (C=O) groups is 1. The minimum atomic E-state index is 0.122. The molecule has 0 spiro atoms. The topological polar surface area (TPSA) is 49.6 Å². The number of nitrogens with zero attached hydrogens (tertiary/aromatic N) is 2. The van der Waals surface area contributed by atoms with Crippen LogP contribution >= 0.6 is 0 Å². The van der Waals surface area contributed by atoms with Gasteiger partial charge in [-0.3, -0.25) is 4.79 Å². The van der Waals surface area contributed by atoms with Gasteiger partial charge in [-0.15, -0.1) is 0 Å². The smallest absolute Gasteiger partial charge is 0.222 e. The van der Waals surface area contributed by atoms with Gasteiger partial charge in [-0.25, -0.2) is 0 Å². The van der Waals surface area contributed by atoms with Gasteiger partial charge >= 0.3 is 0 Å². The molecule has 1 atom stereocenters. The summed E-state index contributed by atoms with van der Waals surface area (Å²) in [6, 6.07) is 0.122. The van der Waals surface area contributed by atoms with E-state index < -0.39 is 0 Å². The van der Waals surface area contributed by atoms with E-state index in [1.165, 1.54) is 25.9 Å². The third kappa shape index (κ3) is 5.83. The van der Waals surface area contributed by atoms with Crippen LogP contribution in [0, 0.1) is 5.92 Å². The van der Waals surface area contributed by atoms with Gasteiger partial charge in [0.05, 0.1) is 0 Å². The van der Waals surface area contributed by atoms with Crippen LogP contribution in [0.15, 0.2) is 0 Å². The van der Waals surface area contributed by atoms with Gasteiger partial charge in [0.15, 0.2) is 0 Å². The maximum absolute atomic E-state index is 11.8. The summed E-state index contributed by atoms with van der Waals surface area (Å²) < 4.78 is 0. The molecule has 0 radical (unpaired) electrons. The SMILES string of the molecule is CC(N)CCC(=O)N(C)CCC1CCN(C)CC1. The lowest BCUT2D eigenvalue weighted by Gasteiger charge is -2.30. The minimum absolute atomic E-state index is 0.122. The number of nitrogens with two attached hydrogens (primary N) is 1. The summed E-state index contributed by atoms with van der Waals surface area (Å²) in [5.41, 5.74) is 5.67. The highest BCUT2D eigenvalue weighted by Gasteiger charge is 2.18. The Morgan fingerprint density at radius 2 is 2.06 bits per heavy atom. The molecule has 1 saturated heterocycles. The molecule has 1 fully saturated rings. The zero-order chi connectivity index (χ0) is 13.5. The molecular formula is C14H29N3O. The molecule has 0 aliphatic carbocycles. The van der Waals surface area contributed by atoms with E-state index in [4.69, 9.17) is 5.73 Å². The standard InChI is InChI=1S/C14H29N3O/c1-12(15)4-5-14(18)17(3)11-8-13-6-9-16(2)10-7-13/h12-13H,4-11,15H2,1-3H3.